The van der Waals surface area contributed by atoms with Crippen molar-refractivity contribution in [1.29, 1.82) is 0 Å². The summed E-state index contributed by atoms with van der Waals surface area (Å²) >= 11 is 3.24. The fourth-order valence-electron chi connectivity index (χ4n) is 2.30. The molecule has 0 radical (unpaired) electrons. The third-order valence-corrected chi connectivity index (χ3v) is 3.90. The first-order chi connectivity index (χ1) is 8.90. The average molecular weight is 328 g/mol. The number of phenolic OH excluding ortho intramolecular Hbond substituents is 1. The van der Waals surface area contributed by atoms with Crippen molar-refractivity contribution < 1.29 is 19.8 Å². The third-order valence-electron chi connectivity index (χ3n) is 3.41. The number of rotatable bonds is 2. The van der Waals surface area contributed by atoms with Crippen LogP contribution in [-0.4, -0.2) is 40.1 Å². The number of carbonyl (C=O) groups is 2. The van der Waals surface area contributed by atoms with Gasteiger partial charge in [-0.2, -0.15) is 0 Å². The Morgan fingerprint density at radius 2 is 2.05 bits per heavy atom. The zero-order valence-electron chi connectivity index (χ0n) is 10.3. The van der Waals surface area contributed by atoms with Crippen LogP contribution in [0.25, 0.3) is 0 Å². The van der Waals surface area contributed by atoms with Crippen LogP contribution in [0.15, 0.2) is 22.7 Å². The van der Waals surface area contributed by atoms with Gasteiger partial charge in [0.05, 0.1) is 11.5 Å². The second kappa shape index (κ2) is 5.21. The summed E-state index contributed by atoms with van der Waals surface area (Å²) < 4.78 is 0.690. The van der Waals surface area contributed by atoms with Crippen LogP contribution in [0, 0.1) is 11.8 Å². The molecule has 2 atom stereocenters. The molecule has 1 heterocycles. The number of hydrogen-bond acceptors (Lipinski definition) is 3. The maximum absolute atomic E-state index is 12.3. The SMILES string of the molecule is C[C@@H]1CN(C(=O)c2cc(Br)ccc2O)C[C@H]1C(=O)O. The van der Waals surface area contributed by atoms with Crippen molar-refractivity contribution in [2.75, 3.05) is 13.1 Å². The summed E-state index contributed by atoms with van der Waals surface area (Å²) in [5.41, 5.74) is 0.188. The predicted octanol–water partition coefficient (Wildman–Crippen LogP) is 1.95. The Morgan fingerprint density at radius 1 is 1.37 bits per heavy atom. The van der Waals surface area contributed by atoms with Gasteiger partial charge in [-0.1, -0.05) is 22.9 Å². The molecule has 1 aliphatic rings. The summed E-state index contributed by atoms with van der Waals surface area (Å²) in [5, 5.41) is 18.8. The van der Waals surface area contributed by atoms with E-state index in [0.29, 0.717) is 11.0 Å². The molecule has 0 bridgehead atoms. The highest BCUT2D eigenvalue weighted by molar-refractivity contribution is 9.10. The molecule has 1 amide bonds. The van der Waals surface area contributed by atoms with E-state index in [0.717, 1.165) is 0 Å². The van der Waals surface area contributed by atoms with Gasteiger partial charge in [0.15, 0.2) is 0 Å². The van der Waals surface area contributed by atoms with Gasteiger partial charge < -0.3 is 15.1 Å². The van der Waals surface area contributed by atoms with Gasteiger partial charge in [-0.25, -0.2) is 0 Å². The molecule has 1 aromatic carbocycles. The van der Waals surface area contributed by atoms with Gasteiger partial charge in [-0.3, -0.25) is 9.59 Å². The number of halogens is 1. The van der Waals surface area contributed by atoms with Gasteiger partial charge in [0.25, 0.3) is 5.91 Å². The number of carboxylic acids is 1. The summed E-state index contributed by atoms with van der Waals surface area (Å²) in [5.74, 6) is -1.95. The van der Waals surface area contributed by atoms with Crippen LogP contribution in [0.5, 0.6) is 5.75 Å². The Bertz CT molecular complexity index is 531. The largest absolute Gasteiger partial charge is 0.507 e. The molecule has 2 N–H and O–H groups in total. The summed E-state index contributed by atoms with van der Waals surface area (Å²) in [6, 6.07) is 4.61. The lowest BCUT2D eigenvalue weighted by Gasteiger charge is -2.16. The van der Waals surface area contributed by atoms with Crippen LogP contribution < -0.4 is 0 Å². The molecule has 2 rings (SSSR count). The first-order valence-corrected chi connectivity index (χ1v) is 6.70. The smallest absolute Gasteiger partial charge is 0.308 e. The van der Waals surface area contributed by atoms with E-state index < -0.39 is 11.9 Å². The van der Waals surface area contributed by atoms with Gasteiger partial charge in [-0.05, 0) is 24.1 Å². The minimum absolute atomic E-state index is 0.0873. The van der Waals surface area contributed by atoms with Crippen LogP contribution >= 0.6 is 15.9 Å². The van der Waals surface area contributed by atoms with E-state index in [4.69, 9.17) is 5.11 Å². The standard InChI is InChI=1S/C13H14BrNO4/c1-7-5-15(6-10(7)13(18)19)12(17)9-4-8(14)2-3-11(9)16/h2-4,7,10,16H,5-6H2,1H3,(H,18,19)/t7-,10-/m1/s1. The molecule has 0 aromatic heterocycles. The van der Waals surface area contributed by atoms with Crippen molar-refractivity contribution in [2.24, 2.45) is 11.8 Å². The van der Waals surface area contributed by atoms with Crippen LogP contribution in [0.1, 0.15) is 17.3 Å². The highest BCUT2D eigenvalue weighted by atomic mass is 79.9. The van der Waals surface area contributed by atoms with Crippen molar-refractivity contribution >= 4 is 27.8 Å². The second-order valence-electron chi connectivity index (χ2n) is 4.79. The van der Waals surface area contributed by atoms with Crippen LogP contribution in [0.3, 0.4) is 0 Å². The Balaban J connectivity index is 2.22. The number of aliphatic carboxylic acids is 1. The zero-order chi connectivity index (χ0) is 14.2. The average Bonchev–Trinajstić information content (AvgIpc) is 2.74. The molecular weight excluding hydrogens is 314 g/mol. The Hall–Kier alpha value is -1.56. The normalized spacial score (nSPS) is 22.5. The lowest BCUT2D eigenvalue weighted by molar-refractivity contribution is -0.142. The molecule has 102 valence electrons. The zero-order valence-corrected chi connectivity index (χ0v) is 11.9. The molecule has 0 unspecified atom stereocenters. The molecule has 0 aliphatic carbocycles. The highest BCUT2D eigenvalue weighted by Crippen LogP contribution is 2.28. The van der Waals surface area contributed by atoms with Crippen molar-refractivity contribution in [1.82, 2.24) is 4.90 Å². The van der Waals surface area contributed by atoms with Crippen LogP contribution in [0.4, 0.5) is 0 Å². The number of likely N-dealkylation sites (tertiary alicyclic amines) is 1. The van der Waals surface area contributed by atoms with E-state index in [9.17, 15) is 14.7 Å². The summed E-state index contributed by atoms with van der Waals surface area (Å²) in [4.78, 5) is 24.8. The van der Waals surface area contributed by atoms with E-state index in [2.05, 4.69) is 15.9 Å². The highest BCUT2D eigenvalue weighted by Gasteiger charge is 2.37. The van der Waals surface area contributed by atoms with Gasteiger partial charge in [-0.15, -0.1) is 0 Å². The lowest BCUT2D eigenvalue weighted by Crippen LogP contribution is -2.30. The van der Waals surface area contributed by atoms with Gasteiger partial charge in [0, 0.05) is 17.6 Å². The topological polar surface area (TPSA) is 77.8 Å². The molecule has 0 spiro atoms. The first-order valence-electron chi connectivity index (χ1n) is 5.90. The van der Waals surface area contributed by atoms with Gasteiger partial charge >= 0.3 is 5.97 Å². The monoisotopic (exact) mass is 327 g/mol. The van der Waals surface area contributed by atoms with E-state index in [1.165, 1.54) is 17.0 Å². The van der Waals surface area contributed by atoms with Gasteiger partial charge in [0.1, 0.15) is 5.75 Å². The number of carbonyl (C=O) groups excluding carboxylic acids is 1. The summed E-state index contributed by atoms with van der Waals surface area (Å²) in [6.45, 7) is 2.38. The maximum atomic E-state index is 12.3. The minimum atomic E-state index is -0.888. The lowest BCUT2D eigenvalue weighted by atomic mass is 9.99. The molecule has 1 aromatic rings. The van der Waals surface area contributed by atoms with Crippen LogP contribution in [-0.2, 0) is 4.79 Å². The van der Waals surface area contributed by atoms with Crippen molar-refractivity contribution in [2.45, 2.75) is 6.92 Å². The molecular formula is C13H14BrNO4. The number of benzene rings is 1. The number of hydrogen-bond donors (Lipinski definition) is 2. The fourth-order valence-corrected chi connectivity index (χ4v) is 2.67. The maximum Gasteiger partial charge on any atom is 0.308 e. The number of carboxylic acid groups (broad SMARTS) is 1. The molecule has 19 heavy (non-hydrogen) atoms. The molecule has 1 fully saturated rings. The number of phenols is 1. The third kappa shape index (κ3) is 2.73. The Kier molecular flexibility index (Phi) is 3.80. The molecule has 0 saturated carbocycles. The predicted molar refractivity (Wildman–Crippen MR) is 72.0 cm³/mol. The van der Waals surface area contributed by atoms with Gasteiger partial charge in [0.2, 0.25) is 0 Å². The molecule has 1 aliphatic heterocycles. The number of nitrogens with zero attached hydrogens (tertiary/aromatic N) is 1. The number of aromatic hydroxyl groups is 1. The Labute approximate surface area is 119 Å². The molecule has 1 saturated heterocycles. The minimum Gasteiger partial charge on any atom is -0.507 e. The quantitative estimate of drug-likeness (QED) is 0.870. The molecule has 6 heteroatoms. The van der Waals surface area contributed by atoms with E-state index >= 15 is 0 Å². The number of amides is 1. The first kappa shape index (κ1) is 13.9. The van der Waals surface area contributed by atoms with Crippen molar-refractivity contribution in [3.05, 3.63) is 28.2 Å². The molecule has 5 nitrogen and oxygen atoms in total. The van der Waals surface area contributed by atoms with Crippen molar-refractivity contribution in [3.8, 4) is 5.75 Å². The van der Waals surface area contributed by atoms with Crippen molar-refractivity contribution in [3.63, 3.8) is 0 Å². The summed E-state index contributed by atoms with van der Waals surface area (Å²) in [7, 11) is 0. The second-order valence-corrected chi connectivity index (χ2v) is 5.71. The Morgan fingerprint density at radius 3 is 2.63 bits per heavy atom. The van der Waals surface area contributed by atoms with E-state index in [1.807, 2.05) is 6.92 Å². The van der Waals surface area contributed by atoms with Crippen LogP contribution in [0.2, 0.25) is 0 Å². The van der Waals surface area contributed by atoms with E-state index in [-0.39, 0.29) is 29.7 Å². The van der Waals surface area contributed by atoms with E-state index in [1.54, 1.807) is 6.07 Å². The fraction of sp³-hybridized carbons (Fsp3) is 0.385. The summed E-state index contributed by atoms with van der Waals surface area (Å²) in [6.07, 6.45) is 0.